The summed E-state index contributed by atoms with van der Waals surface area (Å²) < 4.78 is 18.7. The van der Waals surface area contributed by atoms with E-state index in [-0.39, 0.29) is 18.3 Å². The van der Waals surface area contributed by atoms with Gasteiger partial charge in [-0.25, -0.2) is 4.39 Å². The molecule has 5 heteroatoms. The number of hydrogen-bond donors (Lipinski definition) is 0. The molecule has 0 bridgehead atoms. The molecule has 0 aliphatic carbocycles. The van der Waals surface area contributed by atoms with Crippen molar-refractivity contribution >= 4 is 17.5 Å². The number of carbonyl (C=O) groups excluding carboxylic acids is 1. The Morgan fingerprint density at radius 1 is 1.24 bits per heavy atom. The molecular formula is C16H15ClFNO2. The third-order valence-corrected chi connectivity index (χ3v) is 3.17. The first-order valence-electron chi connectivity index (χ1n) is 6.46. The summed E-state index contributed by atoms with van der Waals surface area (Å²) in [5, 5.41) is 0.511. The van der Waals surface area contributed by atoms with Gasteiger partial charge in [-0.3, -0.25) is 4.79 Å². The van der Waals surface area contributed by atoms with E-state index in [2.05, 4.69) is 0 Å². The molecule has 0 saturated heterocycles. The minimum Gasteiger partial charge on any atom is -0.489 e. The number of para-hydroxylation sites is 1. The zero-order valence-electron chi connectivity index (χ0n) is 11.6. The third kappa shape index (κ3) is 4.20. The maximum absolute atomic E-state index is 13.4. The number of halogens is 2. The van der Waals surface area contributed by atoms with Gasteiger partial charge in [0.15, 0.2) is 11.6 Å². The number of carbonyl (C=O) groups is 1. The Kier molecular flexibility index (Phi) is 5.17. The molecule has 2 aromatic carbocycles. The largest absolute Gasteiger partial charge is 0.489 e. The third-order valence-electron chi connectivity index (χ3n) is 2.94. The lowest BCUT2D eigenvalue weighted by Crippen LogP contribution is -2.30. The molecule has 2 rings (SSSR count). The molecule has 0 fully saturated rings. The molecule has 0 aliphatic rings. The first-order chi connectivity index (χ1) is 10.1. The fraction of sp³-hybridized carbons (Fsp3) is 0.188. The second-order valence-electron chi connectivity index (χ2n) is 4.52. The average molecular weight is 308 g/mol. The van der Waals surface area contributed by atoms with Crippen molar-refractivity contribution in [3.8, 4) is 5.75 Å². The van der Waals surface area contributed by atoms with Crippen LogP contribution in [-0.4, -0.2) is 31.0 Å². The van der Waals surface area contributed by atoms with Crippen LogP contribution in [0.5, 0.6) is 5.75 Å². The van der Waals surface area contributed by atoms with Crippen LogP contribution in [0.25, 0.3) is 0 Å². The second-order valence-corrected chi connectivity index (χ2v) is 4.95. The number of rotatable bonds is 5. The van der Waals surface area contributed by atoms with E-state index in [4.69, 9.17) is 16.3 Å². The Morgan fingerprint density at radius 2 is 2.00 bits per heavy atom. The molecule has 0 radical (unpaired) electrons. The summed E-state index contributed by atoms with van der Waals surface area (Å²) in [7, 11) is 1.66. The van der Waals surface area contributed by atoms with Gasteiger partial charge >= 0.3 is 0 Å². The van der Waals surface area contributed by atoms with E-state index >= 15 is 0 Å². The first kappa shape index (κ1) is 15.3. The van der Waals surface area contributed by atoms with Gasteiger partial charge in [-0.15, -0.1) is 0 Å². The molecule has 0 aromatic heterocycles. The van der Waals surface area contributed by atoms with Crippen molar-refractivity contribution in [2.45, 2.75) is 0 Å². The van der Waals surface area contributed by atoms with Crippen LogP contribution in [0.3, 0.4) is 0 Å². The SMILES string of the molecule is CN(CCOc1ccccc1F)C(=O)c1cccc(Cl)c1. The highest BCUT2D eigenvalue weighted by molar-refractivity contribution is 6.30. The second kappa shape index (κ2) is 7.09. The van der Waals surface area contributed by atoms with E-state index < -0.39 is 5.82 Å². The number of amides is 1. The lowest BCUT2D eigenvalue weighted by molar-refractivity contribution is 0.0773. The Labute approximate surface area is 127 Å². The summed E-state index contributed by atoms with van der Waals surface area (Å²) in [6.07, 6.45) is 0. The zero-order valence-corrected chi connectivity index (χ0v) is 12.3. The van der Waals surface area contributed by atoms with E-state index in [9.17, 15) is 9.18 Å². The van der Waals surface area contributed by atoms with Crippen molar-refractivity contribution < 1.29 is 13.9 Å². The highest BCUT2D eigenvalue weighted by atomic mass is 35.5. The quantitative estimate of drug-likeness (QED) is 0.844. The van der Waals surface area contributed by atoms with Crippen molar-refractivity contribution in [1.29, 1.82) is 0 Å². The number of hydrogen-bond acceptors (Lipinski definition) is 2. The highest BCUT2D eigenvalue weighted by Crippen LogP contribution is 2.15. The molecule has 0 unspecified atom stereocenters. The predicted molar refractivity (Wildman–Crippen MR) is 80.3 cm³/mol. The molecule has 110 valence electrons. The molecular weight excluding hydrogens is 293 g/mol. The lowest BCUT2D eigenvalue weighted by Gasteiger charge is -2.17. The summed E-state index contributed by atoms with van der Waals surface area (Å²) in [6.45, 7) is 0.559. The molecule has 3 nitrogen and oxygen atoms in total. The van der Waals surface area contributed by atoms with Crippen molar-refractivity contribution in [2.24, 2.45) is 0 Å². The van der Waals surface area contributed by atoms with E-state index in [1.165, 1.54) is 11.0 Å². The van der Waals surface area contributed by atoms with Crippen LogP contribution in [0.2, 0.25) is 5.02 Å². The monoisotopic (exact) mass is 307 g/mol. The molecule has 0 saturated carbocycles. The smallest absolute Gasteiger partial charge is 0.253 e. The zero-order chi connectivity index (χ0) is 15.2. The summed E-state index contributed by atoms with van der Waals surface area (Å²) in [5.74, 6) is -0.392. The Bertz CT molecular complexity index is 633. The predicted octanol–water partition coefficient (Wildman–Crippen LogP) is 3.63. The molecule has 0 atom stereocenters. The lowest BCUT2D eigenvalue weighted by atomic mass is 10.2. The van der Waals surface area contributed by atoms with Crippen molar-refractivity contribution in [1.82, 2.24) is 4.90 Å². The number of benzene rings is 2. The van der Waals surface area contributed by atoms with Gasteiger partial charge in [0.05, 0.1) is 6.54 Å². The van der Waals surface area contributed by atoms with E-state index in [0.717, 1.165) is 0 Å². The van der Waals surface area contributed by atoms with Crippen molar-refractivity contribution in [3.63, 3.8) is 0 Å². The number of likely N-dealkylation sites (N-methyl/N-ethyl adjacent to an activating group) is 1. The Balaban J connectivity index is 1.89. The van der Waals surface area contributed by atoms with Gasteiger partial charge in [0, 0.05) is 17.6 Å². The molecule has 0 heterocycles. The summed E-state index contributed by atoms with van der Waals surface area (Å²) in [6, 6.07) is 12.9. The van der Waals surface area contributed by atoms with Crippen LogP contribution < -0.4 is 4.74 Å². The fourth-order valence-corrected chi connectivity index (χ4v) is 1.99. The van der Waals surface area contributed by atoms with E-state index in [1.807, 2.05) is 0 Å². The standard InChI is InChI=1S/C16H15ClFNO2/c1-19(16(20)12-5-4-6-13(17)11-12)9-10-21-15-8-3-2-7-14(15)18/h2-8,11H,9-10H2,1H3. The van der Waals surface area contributed by atoms with Gasteiger partial charge in [0.1, 0.15) is 6.61 Å². The molecule has 2 aromatic rings. The van der Waals surface area contributed by atoms with Crippen molar-refractivity contribution in [2.75, 3.05) is 20.2 Å². The molecule has 0 N–H and O–H groups in total. The van der Waals surface area contributed by atoms with Gasteiger partial charge in [-0.1, -0.05) is 29.8 Å². The van der Waals surface area contributed by atoms with Gasteiger partial charge in [-0.2, -0.15) is 0 Å². The Morgan fingerprint density at radius 3 is 2.71 bits per heavy atom. The van der Waals surface area contributed by atoms with Crippen LogP contribution in [0, 0.1) is 5.82 Å². The Hall–Kier alpha value is -2.07. The highest BCUT2D eigenvalue weighted by Gasteiger charge is 2.12. The van der Waals surface area contributed by atoms with Gasteiger partial charge in [0.25, 0.3) is 5.91 Å². The maximum Gasteiger partial charge on any atom is 0.253 e. The minimum atomic E-state index is -0.415. The normalized spacial score (nSPS) is 10.2. The summed E-state index contributed by atoms with van der Waals surface area (Å²) in [5.41, 5.74) is 0.510. The molecule has 1 amide bonds. The first-order valence-corrected chi connectivity index (χ1v) is 6.84. The van der Waals surface area contributed by atoms with Crippen LogP contribution >= 0.6 is 11.6 Å². The van der Waals surface area contributed by atoms with Gasteiger partial charge in [-0.05, 0) is 30.3 Å². The number of ether oxygens (including phenoxy) is 1. The summed E-state index contributed by atoms with van der Waals surface area (Å²) in [4.78, 5) is 13.7. The van der Waals surface area contributed by atoms with Gasteiger partial charge < -0.3 is 9.64 Å². The number of nitrogens with zero attached hydrogens (tertiary/aromatic N) is 1. The topological polar surface area (TPSA) is 29.5 Å². The van der Waals surface area contributed by atoms with Crippen LogP contribution in [0.1, 0.15) is 10.4 Å². The van der Waals surface area contributed by atoms with E-state index in [1.54, 1.807) is 49.5 Å². The van der Waals surface area contributed by atoms with Crippen LogP contribution in [-0.2, 0) is 0 Å². The summed E-state index contributed by atoms with van der Waals surface area (Å²) >= 11 is 5.86. The van der Waals surface area contributed by atoms with Gasteiger partial charge in [0.2, 0.25) is 0 Å². The minimum absolute atomic E-state index is 0.158. The van der Waals surface area contributed by atoms with Crippen LogP contribution in [0.4, 0.5) is 4.39 Å². The van der Waals surface area contributed by atoms with Crippen LogP contribution in [0.15, 0.2) is 48.5 Å². The average Bonchev–Trinajstić information content (AvgIpc) is 2.48. The maximum atomic E-state index is 13.4. The van der Waals surface area contributed by atoms with Crippen molar-refractivity contribution in [3.05, 3.63) is 64.9 Å². The molecule has 21 heavy (non-hydrogen) atoms. The molecule has 0 spiro atoms. The van der Waals surface area contributed by atoms with E-state index in [0.29, 0.717) is 17.1 Å². The fourth-order valence-electron chi connectivity index (χ4n) is 1.80. The molecule has 0 aliphatic heterocycles.